The Hall–Kier alpha value is -2.00. The molecule has 0 fully saturated rings. The summed E-state index contributed by atoms with van der Waals surface area (Å²) in [6, 6.07) is 10.6. The van der Waals surface area contributed by atoms with Crippen LogP contribution >= 0.6 is 11.6 Å². The summed E-state index contributed by atoms with van der Waals surface area (Å²) in [7, 11) is 1.66. The van der Waals surface area contributed by atoms with Crippen LogP contribution in [-0.2, 0) is 0 Å². The molecule has 0 saturated heterocycles. The molecule has 1 heterocycles. The van der Waals surface area contributed by atoms with E-state index in [1.807, 2.05) is 24.3 Å². The summed E-state index contributed by atoms with van der Waals surface area (Å²) in [4.78, 5) is 0. The average molecular weight is 330 g/mol. The SMILES string of the molecule is COc1ccc(Cl)c2c1N[C@H](c1ccc(F)cc1)[C@@H]1CC=C[C@@H]21. The minimum absolute atomic E-state index is 0.107. The van der Waals surface area contributed by atoms with Crippen LogP contribution in [0.1, 0.15) is 29.5 Å². The van der Waals surface area contributed by atoms with Gasteiger partial charge < -0.3 is 10.1 Å². The first-order valence-electron chi connectivity index (χ1n) is 7.74. The summed E-state index contributed by atoms with van der Waals surface area (Å²) in [6.07, 6.45) is 5.41. The molecule has 0 saturated carbocycles. The zero-order valence-electron chi connectivity index (χ0n) is 12.7. The molecule has 1 aliphatic heterocycles. The van der Waals surface area contributed by atoms with Gasteiger partial charge in [0.1, 0.15) is 11.6 Å². The molecular formula is C19H17ClFNO. The van der Waals surface area contributed by atoms with Crippen LogP contribution < -0.4 is 10.1 Å². The molecular weight excluding hydrogens is 313 g/mol. The smallest absolute Gasteiger partial charge is 0.142 e. The van der Waals surface area contributed by atoms with Gasteiger partial charge in [-0.3, -0.25) is 0 Å². The van der Waals surface area contributed by atoms with Gasteiger partial charge >= 0.3 is 0 Å². The highest BCUT2D eigenvalue weighted by Crippen LogP contribution is 2.54. The first kappa shape index (κ1) is 14.6. The van der Waals surface area contributed by atoms with Gasteiger partial charge in [0.05, 0.1) is 18.8 Å². The van der Waals surface area contributed by atoms with Crippen molar-refractivity contribution in [1.82, 2.24) is 0 Å². The fourth-order valence-electron chi connectivity index (χ4n) is 3.81. The number of fused-ring (bicyclic) bond motifs is 3. The van der Waals surface area contributed by atoms with Crippen molar-refractivity contribution in [2.75, 3.05) is 12.4 Å². The van der Waals surface area contributed by atoms with Gasteiger partial charge in [0.2, 0.25) is 0 Å². The molecule has 118 valence electrons. The van der Waals surface area contributed by atoms with E-state index in [2.05, 4.69) is 17.5 Å². The Kier molecular flexibility index (Phi) is 3.53. The summed E-state index contributed by atoms with van der Waals surface area (Å²) in [5, 5.41) is 4.35. The van der Waals surface area contributed by atoms with Crippen LogP contribution in [0.2, 0.25) is 5.02 Å². The van der Waals surface area contributed by atoms with Crippen molar-refractivity contribution in [2.24, 2.45) is 5.92 Å². The molecule has 1 aliphatic carbocycles. The van der Waals surface area contributed by atoms with E-state index in [1.54, 1.807) is 7.11 Å². The van der Waals surface area contributed by atoms with Gasteiger partial charge in [-0.15, -0.1) is 0 Å². The normalized spacial score (nSPS) is 24.7. The molecule has 2 aromatic carbocycles. The highest BCUT2D eigenvalue weighted by atomic mass is 35.5. The lowest BCUT2D eigenvalue weighted by atomic mass is 9.77. The third kappa shape index (κ3) is 2.31. The van der Waals surface area contributed by atoms with Gasteiger partial charge in [0.25, 0.3) is 0 Å². The van der Waals surface area contributed by atoms with Crippen molar-refractivity contribution in [2.45, 2.75) is 18.4 Å². The third-order valence-electron chi connectivity index (χ3n) is 4.88. The second-order valence-electron chi connectivity index (χ2n) is 6.07. The van der Waals surface area contributed by atoms with Crippen molar-refractivity contribution < 1.29 is 9.13 Å². The summed E-state index contributed by atoms with van der Waals surface area (Å²) in [5.41, 5.74) is 3.13. The second kappa shape index (κ2) is 5.57. The zero-order valence-corrected chi connectivity index (χ0v) is 13.5. The van der Waals surface area contributed by atoms with Gasteiger partial charge in [0, 0.05) is 16.5 Å². The van der Waals surface area contributed by atoms with Crippen LogP contribution in [-0.4, -0.2) is 7.11 Å². The van der Waals surface area contributed by atoms with Crippen molar-refractivity contribution >= 4 is 17.3 Å². The number of methoxy groups -OCH3 is 1. The van der Waals surface area contributed by atoms with Crippen LogP contribution in [0.5, 0.6) is 5.75 Å². The molecule has 0 aromatic heterocycles. The van der Waals surface area contributed by atoms with E-state index < -0.39 is 0 Å². The van der Waals surface area contributed by atoms with Crippen LogP contribution in [0.25, 0.3) is 0 Å². The minimum Gasteiger partial charge on any atom is -0.495 e. The lowest BCUT2D eigenvalue weighted by Crippen LogP contribution is -2.29. The minimum atomic E-state index is -0.216. The van der Waals surface area contributed by atoms with Crippen LogP contribution in [0.15, 0.2) is 48.6 Å². The number of anilines is 1. The van der Waals surface area contributed by atoms with E-state index in [-0.39, 0.29) is 17.8 Å². The van der Waals surface area contributed by atoms with Crippen LogP contribution in [0, 0.1) is 11.7 Å². The zero-order chi connectivity index (χ0) is 16.0. The summed E-state index contributed by atoms with van der Waals surface area (Å²) in [6.45, 7) is 0. The van der Waals surface area contributed by atoms with Gasteiger partial charge in [-0.2, -0.15) is 0 Å². The van der Waals surface area contributed by atoms with E-state index in [0.717, 1.165) is 34.0 Å². The first-order valence-corrected chi connectivity index (χ1v) is 8.12. The number of allylic oxidation sites excluding steroid dienone is 2. The monoisotopic (exact) mass is 329 g/mol. The van der Waals surface area contributed by atoms with E-state index in [9.17, 15) is 4.39 Å². The van der Waals surface area contributed by atoms with Crippen molar-refractivity contribution in [3.05, 3.63) is 70.5 Å². The van der Waals surface area contributed by atoms with Gasteiger partial charge in [-0.1, -0.05) is 35.9 Å². The Morgan fingerprint density at radius 2 is 1.96 bits per heavy atom. The second-order valence-corrected chi connectivity index (χ2v) is 6.47. The van der Waals surface area contributed by atoms with Crippen LogP contribution in [0.3, 0.4) is 0 Å². The maximum atomic E-state index is 13.3. The lowest BCUT2D eigenvalue weighted by Gasteiger charge is -2.38. The predicted octanol–water partition coefficient (Wildman–Crippen LogP) is 5.31. The number of halogens is 2. The number of rotatable bonds is 2. The highest BCUT2D eigenvalue weighted by Gasteiger charge is 2.40. The van der Waals surface area contributed by atoms with Crippen LogP contribution in [0.4, 0.5) is 10.1 Å². The molecule has 23 heavy (non-hydrogen) atoms. The molecule has 0 spiro atoms. The standard InChI is InChI=1S/C19H17ClFNO/c1-23-16-10-9-15(20)17-13-3-2-4-14(13)18(22-19(16)17)11-5-7-12(21)8-6-11/h2-3,5-10,13-14,18,22H,4H2,1H3/t13-,14-,18-/m1/s1. The van der Waals surface area contributed by atoms with Gasteiger partial charge in [-0.05, 0) is 42.2 Å². The van der Waals surface area contributed by atoms with Crippen molar-refractivity contribution in [3.63, 3.8) is 0 Å². The average Bonchev–Trinajstić information content (AvgIpc) is 3.04. The fraction of sp³-hybridized carbons (Fsp3) is 0.263. The number of benzene rings is 2. The summed E-state index contributed by atoms with van der Waals surface area (Å²) < 4.78 is 18.8. The Morgan fingerprint density at radius 3 is 2.70 bits per heavy atom. The number of ether oxygens (including phenoxy) is 1. The highest BCUT2D eigenvalue weighted by molar-refractivity contribution is 6.32. The summed E-state index contributed by atoms with van der Waals surface area (Å²) >= 11 is 6.47. The predicted molar refractivity (Wildman–Crippen MR) is 90.8 cm³/mol. The largest absolute Gasteiger partial charge is 0.495 e. The summed E-state index contributed by atoms with van der Waals surface area (Å²) in [5.74, 6) is 1.20. The molecule has 1 N–H and O–H groups in total. The molecule has 2 aliphatic rings. The Labute approximate surface area is 139 Å². The lowest BCUT2D eigenvalue weighted by molar-refractivity contribution is 0.397. The van der Waals surface area contributed by atoms with Crippen molar-refractivity contribution in [3.8, 4) is 5.75 Å². The first-order chi connectivity index (χ1) is 11.2. The maximum absolute atomic E-state index is 13.3. The molecule has 4 heteroatoms. The van der Waals surface area contributed by atoms with E-state index in [1.165, 1.54) is 12.1 Å². The number of hydrogen-bond acceptors (Lipinski definition) is 2. The topological polar surface area (TPSA) is 21.3 Å². The quantitative estimate of drug-likeness (QED) is 0.753. The number of nitrogens with one attached hydrogen (secondary N) is 1. The third-order valence-corrected chi connectivity index (χ3v) is 5.21. The molecule has 2 nitrogen and oxygen atoms in total. The molecule has 2 aromatic rings. The Balaban J connectivity index is 1.84. The molecule has 0 bridgehead atoms. The van der Waals surface area contributed by atoms with Gasteiger partial charge in [-0.25, -0.2) is 4.39 Å². The van der Waals surface area contributed by atoms with E-state index in [4.69, 9.17) is 16.3 Å². The molecule has 0 amide bonds. The Bertz CT molecular complexity index is 772. The van der Waals surface area contributed by atoms with E-state index >= 15 is 0 Å². The molecule has 3 atom stereocenters. The number of hydrogen-bond donors (Lipinski definition) is 1. The molecule has 0 unspecified atom stereocenters. The Morgan fingerprint density at radius 1 is 1.17 bits per heavy atom. The maximum Gasteiger partial charge on any atom is 0.142 e. The van der Waals surface area contributed by atoms with E-state index in [0.29, 0.717) is 5.92 Å². The van der Waals surface area contributed by atoms with Gasteiger partial charge in [0.15, 0.2) is 0 Å². The molecule has 0 radical (unpaired) electrons. The van der Waals surface area contributed by atoms with Crippen molar-refractivity contribution in [1.29, 1.82) is 0 Å². The molecule has 4 rings (SSSR count). The fourth-order valence-corrected chi connectivity index (χ4v) is 4.09.